The van der Waals surface area contributed by atoms with Crippen LogP contribution >= 0.6 is 11.6 Å². The molecule has 1 aliphatic heterocycles. The highest BCUT2D eigenvalue weighted by molar-refractivity contribution is 6.33. The average molecular weight is 417 g/mol. The van der Waals surface area contributed by atoms with Gasteiger partial charge in [0.15, 0.2) is 0 Å². The van der Waals surface area contributed by atoms with E-state index in [4.69, 9.17) is 11.6 Å². The van der Waals surface area contributed by atoms with Gasteiger partial charge in [-0.3, -0.25) is 9.59 Å². The molecular formula is C23H26ClFN2O2. The Kier molecular flexibility index (Phi) is 6.91. The number of hydrogen-bond acceptors (Lipinski definition) is 2. The van der Waals surface area contributed by atoms with Crippen molar-refractivity contribution in [2.45, 2.75) is 26.2 Å². The van der Waals surface area contributed by atoms with Crippen LogP contribution in [0, 0.1) is 17.7 Å². The predicted molar refractivity (Wildman–Crippen MR) is 112 cm³/mol. The van der Waals surface area contributed by atoms with E-state index in [1.165, 1.54) is 12.1 Å². The summed E-state index contributed by atoms with van der Waals surface area (Å²) in [6, 6.07) is 13.1. The molecule has 1 saturated heterocycles. The van der Waals surface area contributed by atoms with E-state index in [-0.39, 0.29) is 29.5 Å². The number of rotatable bonds is 6. The minimum absolute atomic E-state index is 0.0746. The van der Waals surface area contributed by atoms with Crippen LogP contribution in [-0.4, -0.2) is 36.3 Å². The normalized spacial score (nSPS) is 18.9. The summed E-state index contributed by atoms with van der Waals surface area (Å²) >= 11 is 6.20. The molecule has 1 fully saturated rings. The Bertz CT molecular complexity index is 869. The quantitative estimate of drug-likeness (QED) is 0.753. The van der Waals surface area contributed by atoms with Crippen molar-refractivity contribution in [2.24, 2.45) is 11.8 Å². The van der Waals surface area contributed by atoms with Crippen LogP contribution in [0.3, 0.4) is 0 Å². The molecule has 0 unspecified atom stereocenters. The van der Waals surface area contributed by atoms with E-state index in [1.54, 1.807) is 41.3 Å². The number of benzene rings is 2. The van der Waals surface area contributed by atoms with Gasteiger partial charge >= 0.3 is 0 Å². The summed E-state index contributed by atoms with van der Waals surface area (Å²) in [5, 5.41) is 3.39. The van der Waals surface area contributed by atoms with Crippen molar-refractivity contribution in [2.75, 3.05) is 19.6 Å². The molecule has 2 aromatic carbocycles. The molecule has 29 heavy (non-hydrogen) atoms. The molecule has 2 atom stereocenters. The second kappa shape index (κ2) is 9.40. The summed E-state index contributed by atoms with van der Waals surface area (Å²) in [4.78, 5) is 27.6. The minimum Gasteiger partial charge on any atom is -0.356 e. The first kappa shape index (κ1) is 21.3. The largest absolute Gasteiger partial charge is 0.356 e. The summed E-state index contributed by atoms with van der Waals surface area (Å²) in [6.07, 6.45) is 0.891. The molecule has 0 radical (unpaired) electrons. The number of carbonyl (C=O) groups is 2. The van der Waals surface area contributed by atoms with E-state index >= 15 is 0 Å². The van der Waals surface area contributed by atoms with Gasteiger partial charge in [-0.15, -0.1) is 0 Å². The van der Waals surface area contributed by atoms with Gasteiger partial charge in [-0.05, 0) is 42.2 Å². The Balaban J connectivity index is 1.81. The Hall–Kier alpha value is -2.40. The molecule has 1 aliphatic rings. The Morgan fingerprint density at radius 3 is 2.48 bits per heavy atom. The SMILES string of the molecule is CC(C)CCNC(=O)[C@@H]1CN(C(=O)c2ccccc2Cl)C[C@H]1c1ccc(F)cc1. The molecule has 2 aromatic rings. The van der Waals surface area contributed by atoms with E-state index in [0.717, 1.165) is 12.0 Å². The van der Waals surface area contributed by atoms with Gasteiger partial charge in [0.05, 0.1) is 16.5 Å². The van der Waals surface area contributed by atoms with Crippen molar-refractivity contribution in [3.05, 3.63) is 70.5 Å². The molecular weight excluding hydrogens is 391 g/mol. The summed E-state index contributed by atoms with van der Waals surface area (Å²) in [5.41, 5.74) is 1.28. The van der Waals surface area contributed by atoms with E-state index in [9.17, 15) is 14.0 Å². The first-order valence-corrected chi connectivity index (χ1v) is 10.3. The highest BCUT2D eigenvalue weighted by atomic mass is 35.5. The van der Waals surface area contributed by atoms with E-state index < -0.39 is 0 Å². The molecule has 6 heteroatoms. The van der Waals surface area contributed by atoms with Crippen LogP contribution in [0.1, 0.15) is 42.1 Å². The van der Waals surface area contributed by atoms with Crippen LogP contribution in [0.25, 0.3) is 0 Å². The zero-order valence-corrected chi connectivity index (χ0v) is 17.5. The van der Waals surface area contributed by atoms with Gasteiger partial charge in [0.2, 0.25) is 5.91 Å². The third kappa shape index (κ3) is 5.15. The number of nitrogens with zero attached hydrogens (tertiary/aromatic N) is 1. The molecule has 0 aliphatic carbocycles. The second-order valence-electron chi connectivity index (χ2n) is 7.93. The minimum atomic E-state index is -0.390. The monoisotopic (exact) mass is 416 g/mol. The number of likely N-dealkylation sites (tertiary alicyclic amines) is 1. The first-order valence-electron chi connectivity index (χ1n) is 9.93. The first-order chi connectivity index (χ1) is 13.9. The number of carbonyl (C=O) groups excluding carboxylic acids is 2. The summed E-state index contributed by atoms with van der Waals surface area (Å²) < 4.78 is 13.4. The summed E-state index contributed by atoms with van der Waals surface area (Å²) in [5.74, 6) is -0.687. The predicted octanol–water partition coefficient (Wildman–Crippen LogP) is 4.50. The molecule has 1 heterocycles. The van der Waals surface area contributed by atoms with E-state index in [0.29, 0.717) is 36.1 Å². The lowest BCUT2D eigenvalue weighted by Gasteiger charge is -2.18. The van der Waals surface area contributed by atoms with Gasteiger partial charge in [-0.2, -0.15) is 0 Å². The fourth-order valence-electron chi connectivity index (χ4n) is 3.70. The second-order valence-corrected chi connectivity index (χ2v) is 8.34. The Labute approximate surface area is 176 Å². The third-order valence-corrected chi connectivity index (χ3v) is 5.70. The van der Waals surface area contributed by atoms with Crippen LogP contribution < -0.4 is 5.32 Å². The maximum Gasteiger partial charge on any atom is 0.255 e. The smallest absolute Gasteiger partial charge is 0.255 e. The maximum absolute atomic E-state index is 13.4. The van der Waals surface area contributed by atoms with Crippen molar-refractivity contribution >= 4 is 23.4 Å². The third-order valence-electron chi connectivity index (χ3n) is 5.37. The molecule has 0 bridgehead atoms. The van der Waals surface area contributed by atoms with Crippen molar-refractivity contribution in [3.8, 4) is 0 Å². The van der Waals surface area contributed by atoms with Crippen molar-refractivity contribution in [1.29, 1.82) is 0 Å². The lowest BCUT2D eigenvalue weighted by molar-refractivity contribution is -0.124. The highest BCUT2D eigenvalue weighted by Crippen LogP contribution is 2.34. The van der Waals surface area contributed by atoms with E-state index in [2.05, 4.69) is 19.2 Å². The molecule has 0 spiro atoms. The van der Waals surface area contributed by atoms with Gasteiger partial charge in [0, 0.05) is 25.6 Å². The Morgan fingerprint density at radius 1 is 1.14 bits per heavy atom. The standard InChI is InChI=1S/C23H26ClFN2O2/c1-15(2)11-12-26-22(28)20-14-27(23(29)18-5-3-4-6-21(18)24)13-19(20)16-7-9-17(25)10-8-16/h3-10,15,19-20H,11-14H2,1-2H3,(H,26,28)/t19-,20+/m0/s1. The molecule has 1 N–H and O–H groups in total. The fraction of sp³-hybridized carbons (Fsp3) is 0.391. The van der Waals surface area contributed by atoms with Crippen LogP contribution in [0.15, 0.2) is 48.5 Å². The van der Waals surface area contributed by atoms with Crippen molar-refractivity contribution in [1.82, 2.24) is 10.2 Å². The highest BCUT2D eigenvalue weighted by Gasteiger charge is 2.40. The lowest BCUT2D eigenvalue weighted by atomic mass is 9.88. The molecule has 2 amide bonds. The molecule has 4 nitrogen and oxygen atoms in total. The number of amides is 2. The van der Waals surface area contributed by atoms with Crippen LogP contribution in [-0.2, 0) is 4.79 Å². The summed E-state index contributed by atoms with van der Waals surface area (Å²) in [7, 11) is 0. The van der Waals surface area contributed by atoms with Gasteiger partial charge in [-0.1, -0.05) is 49.7 Å². The average Bonchev–Trinajstić information content (AvgIpc) is 3.13. The van der Waals surface area contributed by atoms with Crippen LogP contribution in [0.4, 0.5) is 4.39 Å². The zero-order chi connectivity index (χ0) is 21.0. The van der Waals surface area contributed by atoms with E-state index in [1.807, 2.05) is 0 Å². The maximum atomic E-state index is 13.4. The molecule has 0 aromatic heterocycles. The van der Waals surface area contributed by atoms with Gasteiger partial charge in [-0.25, -0.2) is 4.39 Å². The number of nitrogens with one attached hydrogen (secondary N) is 1. The zero-order valence-electron chi connectivity index (χ0n) is 16.7. The topological polar surface area (TPSA) is 49.4 Å². The lowest BCUT2D eigenvalue weighted by Crippen LogP contribution is -2.36. The van der Waals surface area contributed by atoms with Gasteiger partial charge in [0.1, 0.15) is 5.82 Å². The number of halogens is 2. The molecule has 0 saturated carbocycles. The van der Waals surface area contributed by atoms with Crippen LogP contribution in [0.2, 0.25) is 5.02 Å². The number of hydrogen-bond donors (Lipinski definition) is 1. The van der Waals surface area contributed by atoms with Gasteiger partial charge in [0.25, 0.3) is 5.91 Å². The Morgan fingerprint density at radius 2 is 1.83 bits per heavy atom. The van der Waals surface area contributed by atoms with Crippen LogP contribution in [0.5, 0.6) is 0 Å². The summed E-state index contributed by atoms with van der Waals surface area (Å²) in [6.45, 7) is 5.50. The molecule has 154 valence electrons. The van der Waals surface area contributed by atoms with Crippen molar-refractivity contribution < 1.29 is 14.0 Å². The fourth-order valence-corrected chi connectivity index (χ4v) is 3.92. The van der Waals surface area contributed by atoms with Crippen molar-refractivity contribution in [3.63, 3.8) is 0 Å². The van der Waals surface area contributed by atoms with Gasteiger partial charge < -0.3 is 10.2 Å². The molecule has 3 rings (SSSR count).